The molecule has 0 aliphatic heterocycles. The van der Waals surface area contributed by atoms with Crippen molar-refractivity contribution in [1.82, 2.24) is 19.8 Å². The maximum Gasteiger partial charge on any atom is 0.229 e. The van der Waals surface area contributed by atoms with E-state index >= 15 is 0 Å². The number of para-hydroxylation sites is 1. The molecule has 0 spiro atoms. The molecule has 2 aromatic heterocycles. The summed E-state index contributed by atoms with van der Waals surface area (Å²) >= 11 is 0. The quantitative estimate of drug-likeness (QED) is 0.735. The van der Waals surface area contributed by atoms with Crippen LogP contribution in [-0.4, -0.2) is 23.5 Å². The first-order valence-electron chi connectivity index (χ1n) is 7.73. The summed E-state index contributed by atoms with van der Waals surface area (Å²) in [4.78, 5) is 8.47. The second-order valence-electron chi connectivity index (χ2n) is 5.90. The van der Waals surface area contributed by atoms with Crippen LogP contribution in [0.4, 0.5) is 0 Å². The lowest BCUT2D eigenvalue weighted by molar-refractivity contribution is 0.375. The van der Waals surface area contributed by atoms with Gasteiger partial charge in [0.2, 0.25) is 15.9 Å². The molecule has 8 heteroatoms. The van der Waals surface area contributed by atoms with Crippen LogP contribution in [0.15, 0.2) is 41.1 Å². The van der Waals surface area contributed by atoms with Crippen LogP contribution in [0.3, 0.4) is 0 Å². The number of nitrogens with one attached hydrogen (secondary N) is 1. The molecule has 4 rings (SSSR count). The number of fused-ring (bicyclic) bond motifs is 1. The highest BCUT2D eigenvalue weighted by molar-refractivity contribution is 7.88. The van der Waals surface area contributed by atoms with Crippen molar-refractivity contribution in [3.63, 3.8) is 0 Å². The van der Waals surface area contributed by atoms with E-state index in [-0.39, 0.29) is 18.1 Å². The van der Waals surface area contributed by atoms with Crippen LogP contribution in [-0.2, 0) is 22.3 Å². The second kappa shape index (κ2) is 5.95. The van der Waals surface area contributed by atoms with Crippen molar-refractivity contribution in [2.24, 2.45) is 0 Å². The summed E-state index contributed by atoms with van der Waals surface area (Å²) in [6, 6.07) is 9.48. The third-order valence-electron chi connectivity index (χ3n) is 3.93. The number of aromatic nitrogens is 3. The Balaban J connectivity index is 1.47. The Kier molecular flexibility index (Phi) is 3.78. The molecule has 1 N–H and O–H groups in total. The van der Waals surface area contributed by atoms with Crippen LogP contribution >= 0.6 is 0 Å². The van der Waals surface area contributed by atoms with Gasteiger partial charge in [-0.3, -0.25) is 4.98 Å². The van der Waals surface area contributed by atoms with Gasteiger partial charge < -0.3 is 4.52 Å². The molecule has 0 atom stereocenters. The van der Waals surface area contributed by atoms with E-state index in [1.807, 2.05) is 30.3 Å². The predicted octanol–water partition coefficient (Wildman–Crippen LogP) is 2.11. The van der Waals surface area contributed by atoms with Crippen molar-refractivity contribution in [1.29, 1.82) is 0 Å². The highest BCUT2D eigenvalue weighted by Crippen LogP contribution is 2.38. The highest BCUT2D eigenvalue weighted by atomic mass is 32.2. The number of hydrogen-bond donors (Lipinski definition) is 1. The molecule has 1 saturated carbocycles. The smallest absolute Gasteiger partial charge is 0.229 e. The number of pyridine rings is 1. The first-order valence-corrected chi connectivity index (χ1v) is 9.38. The Bertz CT molecular complexity index is 974. The van der Waals surface area contributed by atoms with Gasteiger partial charge >= 0.3 is 0 Å². The average molecular weight is 344 g/mol. The van der Waals surface area contributed by atoms with Crippen LogP contribution in [0.2, 0.25) is 0 Å². The van der Waals surface area contributed by atoms with Crippen LogP contribution in [0.1, 0.15) is 36.0 Å². The molecular weight excluding hydrogens is 328 g/mol. The van der Waals surface area contributed by atoms with Crippen molar-refractivity contribution >= 4 is 20.9 Å². The number of nitrogens with zero attached hydrogens (tertiary/aromatic N) is 3. The Morgan fingerprint density at radius 1 is 1.21 bits per heavy atom. The van der Waals surface area contributed by atoms with Gasteiger partial charge in [0.1, 0.15) is 5.75 Å². The fourth-order valence-electron chi connectivity index (χ4n) is 2.54. The van der Waals surface area contributed by atoms with Gasteiger partial charge in [-0.2, -0.15) is 4.98 Å². The standard InChI is InChI=1S/C16H16N4O3S/c21-24(22,10-14-19-16(23-20-14)12-6-7-12)18-9-13-4-1-3-11-5-2-8-17-15(11)13/h1-5,8,12,18H,6-7,9-10H2. The van der Waals surface area contributed by atoms with Crippen molar-refractivity contribution in [2.45, 2.75) is 31.1 Å². The van der Waals surface area contributed by atoms with Gasteiger partial charge in [-0.25, -0.2) is 13.1 Å². The average Bonchev–Trinajstić information content (AvgIpc) is 3.33. The summed E-state index contributed by atoms with van der Waals surface area (Å²) in [5, 5.41) is 4.72. The van der Waals surface area contributed by atoms with Crippen LogP contribution in [0.25, 0.3) is 10.9 Å². The zero-order valence-electron chi connectivity index (χ0n) is 12.8. The largest absolute Gasteiger partial charge is 0.339 e. The first kappa shape index (κ1) is 15.2. The normalized spacial score (nSPS) is 15.0. The SMILES string of the molecule is O=S(=O)(Cc1noc(C2CC2)n1)NCc1cccc2cccnc12. The fraction of sp³-hybridized carbons (Fsp3) is 0.312. The fourth-order valence-corrected chi connectivity index (χ4v) is 3.48. The summed E-state index contributed by atoms with van der Waals surface area (Å²) in [5.74, 6) is 0.754. The summed E-state index contributed by atoms with van der Waals surface area (Å²) in [5.41, 5.74) is 1.61. The van der Waals surface area contributed by atoms with E-state index in [1.165, 1.54) is 0 Å². The lowest BCUT2D eigenvalue weighted by atomic mass is 10.1. The summed E-state index contributed by atoms with van der Waals surface area (Å²) in [7, 11) is -3.56. The molecule has 1 fully saturated rings. The molecule has 0 amide bonds. The van der Waals surface area contributed by atoms with Gasteiger partial charge in [-0.1, -0.05) is 29.4 Å². The molecule has 1 aromatic carbocycles. The summed E-state index contributed by atoms with van der Waals surface area (Å²) < 4.78 is 32.2. The van der Waals surface area contributed by atoms with Crippen LogP contribution in [0.5, 0.6) is 0 Å². The van der Waals surface area contributed by atoms with Gasteiger partial charge in [-0.05, 0) is 24.5 Å². The van der Waals surface area contributed by atoms with Crippen molar-refractivity contribution in [3.8, 4) is 0 Å². The molecule has 7 nitrogen and oxygen atoms in total. The molecule has 0 radical (unpaired) electrons. The first-order chi connectivity index (χ1) is 11.6. The van der Waals surface area contributed by atoms with E-state index in [1.54, 1.807) is 6.20 Å². The number of sulfonamides is 1. The minimum atomic E-state index is -3.56. The molecule has 1 aliphatic rings. The topological polar surface area (TPSA) is 98.0 Å². The second-order valence-corrected chi connectivity index (χ2v) is 7.70. The van der Waals surface area contributed by atoms with Gasteiger partial charge in [0.25, 0.3) is 0 Å². The van der Waals surface area contributed by atoms with Gasteiger partial charge in [0, 0.05) is 24.0 Å². The zero-order chi connectivity index (χ0) is 16.6. The van der Waals surface area contributed by atoms with E-state index in [0.717, 1.165) is 29.3 Å². The van der Waals surface area contributed by atoms with Gasteiger partial charge in [0.05, 0.1) is 5.52 Å². The molecule has 1 aliphatic carbocycles. The van der Waals surface area contributed by atoms with E-state index in [2.05, 4.69) is 19.8 Å². The molecule has 0 bridgehead atoms. The van der Waals surface area contributed by atoms with Crippen LogP contribution in [0, 0.1) is 0 Å². The van der Waals surface area contributed by atoms with Gasteiger partial charge in [0.15, 0.2) is 5.82 Å². The summed E-state index contributed by atoms with van der Waals surface area (Å²) in [6.45, 7) is 0.171. The number of rotatable bonds is 6. The van der Waals surface area contributed by atoms with Crippen molar-refractivity contribution in [2.75, 3.05) is 0 Å². The molecule has 3 aromatic rings. The minimum absolute atomic E-state index is 0.171. The Morgan fingerprint density at radius 3 is 2.88 bits per heavy atom. The number of hydrogen-bond acceptors (Lipinski definition) is 6. The molecule has 2 heterocycles. The van der Waals surface area contributed by atoms with E-state index < -0.39 is 10.0 Å². The van der Waals surface area contributed by atoms with E-state index in [4.69, 9.17) is 4.52 Å². The Morgan fingerprint density at radius 2 is 2.04 bits per heavy atom. The molecular formula is C16H16N4O3S. The monoisotopic (exact) mass is 344 g/mol. The third-order valence-corrected chi connectivity index (χ3v) is 5.15. The molecule has 0 unspecified atom stereocenters. The molecule has 24 heavy (non-hydrogen) atoms. The summed E-state index contributed by atoms with van der Waals surface area (Å²) in [6.07, 6.45) is 3.75. The predicted molar refractivity (Wildman–Crippen MR) is 87.5 cm³/mol. The maximum absolute atomic E-state index is 12.3. The zero-order valence-corrected chi connectivity index (χ0v) is 13.7. The van der Waals surface area contributed by atoms with E-state index in [9.17, 15) is 8.42 Å². The van der Waals surface area contributed by atoms with Crippen LogP contribution < -0.4 is 4.72 Å². The molecule has 124 valence electrons. The number of benzene rings is 1. The molecule has 0 saturated heterocycles. The Hall–Kier alpha value is -2.32. The van der Waals surface area contributed by atoms with Crippen molar-refractivity contribution < 1.29 is 12.9 Å². The van der Waals surface area contributed by atoms with Crippen molar-refractivity contribution in [3.05, 3.63) is 53.8 Å². The lowest BCUT2D eigenvalue weighted by Gasteiger charge is -2.07. The minimum Gasteiger partial charge on any atom is -0.339 e. The van der Waals surface area contributed by atoms with E-state index in [0.29, 0.717) is 11.8 Å². The maximum atomic E-state index is 12.3. The van der Waals surface area contributed by atoms with Gasteiger partial charge in [-0.15, -0.1) is 0 Å². The highest BCUT2D eigenvalue weighted by Gasteiger charge is 2.30. The third kappa shape index (κ3) is 3.29. The Labute approximate surface area is 139 Å². The lowest BCUT2D eigenvalue weighted by Crippen LogP contribution is -2.25.